The molecule has 2 aliphatic rings. The highest BCUT2D eigenvalue weighted by Crippen LogP contribution is 2.38. The van der Waals surface area contributed by atoms with Crippen molar-refractivity contribution in [3.8, 4) is 0 Å². The lowest BCUT2D eigenvalue weighted by atomic mass is 9.86. The molecule has 4 nitrogen and oxygen atoms in total. The van der Waals surface area contributed by atoms with Crippen LogP contribution in [0.3, 0.4) is 0 Å². The van der Waals surface area contributed by atoms with Gasteiger partial charge in [0.1, 0.15) is 0 Å². The molecule has 0 spiro atoms. The van der Waals surface area contributed by atoms with Crippen LogP contribution in [0.4, 0.5) is 0 Å². The van der Waals surface area contributed by atoms with E-state index in [4.69, 9.17) is 0 Å². The summed E-state index contributed by atoms with van der Waals surface area (Å²) in [7, 11) is -2.78. The molecule has 0 amide bonds. The lowest BCUT2D eigenvalue weighted by Gasteiger charge is -2.35. The summed E-state index contributed by atoms with van der Waals surface area (Å²) in [6, 6.07) is 0. The molecule has 0 atom stereocenters. The zero-order valence-electron chi connectivity index (χ0n) is 9.69. The largest absolute Gasteiger partial charge is 0.396 e. The molecule has 94 valence electrons. The van der Waals surface area contributed by atoms with Gasteiger partial charge in [0.25, 0.3) is 0 Å². The summed E-state index contributed by atoms with van der Waals surface area (Å²) < 4.78 is 22.6. The van der Waals surface area contributed by atoms with Gasteiger partial charge in [0.05, 0.1) is 11.5 Å². The van der Waals surface area contributed by atoms with Gasteiger partial charge in [0, 0.05) is 31.7 Å². The number of aliphatic hydroxyl groups is 1. The fraction of sp³-hybridized carbons (Fsp3) is 1.00. The molecule has 1 N–H and O–H groups in total. The van der Waals surface area contributed by atoms with Crippen molar-refractivity contribution in [3.63, 3.8) is 0 Å². The first-order valence-electron chi connectivity index (χ1n) is 6.09. The summed E-state index contributed by atoms with van der Waals surface area (Å²) >= 11 is 0. The average Bonchev–Trinajstić information content (AvgIpc) is 2.71. The maximum atomic E-state index is 11.3. The van der Waals surface area contributed by atoms with Crippen molar-refractivity contribution in [2.75, 3.05) is 37.7 Å². The molecule has 0 aromatic heterocycles. The van der Waals surface area contributed by atoms with Crippen LogP contribution in [0.5, 0.6) is 0 Å². The highest BCUT2D eigenvalue weighted by molar-refractivity contribution is 7.91. The minimum atomic E-state index is -2.78. The zero-order valence-corrected chi connectivity index (χ0v) is 10.5. The molecule has 2 fully saturated rings. The summed E-state index contributed by atoms with van der Waals surface area (Å²) in [4.78, 5) is 2.21. The molecule has 1 aliphatic carbocycles. The van der Waals surface area contributed by atoms with Crippen molar-refractivity contribution < 1.29 is 13.5 Å². The molecule has 0 unspecified atom stereocenters. The van der Waals surface area contributed by atoms with E-state index < -0.39 is 9.84 Å². The van der Waals surface area contributed by atoms with Gasteiger partial charge in [-0.05, 0) is 12.8 Å². The summed E-state index contributed by atoms with van der Waals surface area (Å²) in [6.07, 6.45) is 4.58. The normalized spacial score (nSPS) is 29.3. The highest BCUT2D eigenvalue weighted by Gasteiger charge is 2.36. The van der Waals surface area contributed by atoms with Crippen LogP contribution in [0.1, 0.15) is 25.7 Å². The molecule has 2 rings (SSSR count). The third kappa shape index (κ3) is 2.76. The monoisotopic (exact) mass is 247 g/mol. The van der Waals surface area contributed by atoms with Gasteiger partial charge in [-0.25, -0.2) is 8.42 Å². The predicted molar refractivity (Wildman–Crippen MR) is 63.1 cm³/mol. The second kappa shape index (κ2) is 4.63. The minimum absolute atomic E-state index is 0.0566. The van der Waals surface area contributed by atoms with E-state index in [1.54, 1.807) is 0 Å². The molecule has 16 heavy (non-hydrogen) atoms. The lowest BCUT2D eigenvalue weighted by Crippen LogP contribution is -2.46. The third-order valence-electron chi connectivity index (χ3n) is 4.00. The Hall–Kier alpha value is -0.130. The Morgan fingerprint density at radius 2 is 1.69 bits per heavy atom. The summed E-state index contributed by atoms with van der Waals surface area (Å²) in [5.41, 5.74) is 0.0566. The molecule has 0 aromatic rings. The molecule has 0 aromatic carbocycles. The van der Waals surface area contributed by atoms with Gasteiger partial charge < -0.3 is 10.0 Å². The van der Waals surface area contributed by atoms with E-state index in [0.717, 1.165) is 19.4 Å². The fourth-order valence-electron chi connectivity index (χ4n) is 2.87. The van der Waals surface area contributed by atoms with Crippen LogP contribution in [0.2, 0.25) is 0 Å². The topological polar surface area (TPSA) is 57.6 Å². The molecule has 1 saturated carbocycles. The third-order valence-corrected chi connectivity index (χ3v) is 5.60. The zero-order chi connectivity index (χ0) is 11.6. The van der Waals surface area contributed by atoms with Crippen LogP contribution < -0.4 is 0 Å². The van der Waals surface area contributed by atoms with Crippen molar-refractivity contribution in [2.24, 2.45) is 5.41 Å². The maximum Gasteiger partial charge on any atom is 0.152 e. The van der Waals surface area contributed by atoms with Crippen LogP contribution >= 0.6 is 0 Å². The molecular formula is C11H21NO3S. The summed E-state index contributed by atoms with van der Waals surface area (Å²) in [6.45, 7) is 2.41. The van der Waals surface area contributed by atoms with Gasteiger partial charge in [-0.15, -0.1) is 0 Å². The number of sulfone groups is 1. The highest BCUT2D eigenvalue weighted by atomic mass is 32.2. The van der Waals surface area contributed by atoms with Crippen LogP contribution in [0.15, 0.2) is 0 Å². The van der Waals surface area contributed by atoms with E-state index in [2.05, 4.69) is 4.90 Å². The first-order valence-corrected chi connectivity index (χ1v) is 7.91. The molecule has 0 radical (unpaired) electrons. The van der Waals surface area contributed by atoms with E-state index in [1.807, 2.05) is 0 Å². The molecule has 1 aliphatic heterocycles. The van der Waals surface area contributed by atoms with E-state index in [-0.39, 0.29) is 23.5 Å². The maximum absolute atomic E-state index is 11.3. The predicted octanol–water partition coefficient (Wildman–Crippen LogP) is 0.269. The Bertz CT molecular complexity index is 319. The molecule has 1 saturated heterocycles. The molecular weight excluding hydrogens is 226 g/mol. The van der Waals surface area contributed by atoms with Crippen molar-refractivity contribution in [2.45, 2.75) is 25.7 Å². The number of aliphatic hydroxyl groups excluding tert-OH is 1. The van der Waals surface area contributed by atoms with Crippen molar-refractivity contribution in [1.82, 2.24) is 4.90 Å². The van der Waals surface area contributed by atoms with Gasteiger partial charge in [-0.1, -0.05) is 12.8 Å². The van der Waals surface area contributed by atoms with Gasteiger partial charge >= 0.3 is 0 Å². The Labute approximate surface area is 97.6 Å². The summed E-state index contributed by atoms with van der Waals surface area (Å²) in [5.74, 6) is 0.572. The van der Waals surface area contributed by atoms with E-state index >= 15 is 0 Å². The first-order chi connectivity index (χ1) is 7.55. The van der Waals surface area contributed by atoms with Crippen LogP contribution in [-0.2, 0) is 9.84 Å². The average molecular weight is 247 g/mol. The fourth-order valence-corrected chi connectivity index (χ4v) is 4.15. The standard InChI is InChI=1S/C11H21NO3S/c13-10-11(3-1-2-4-11)9-12-5-7-16(14,15)8-6-12/h13H,1-10H2. The lowest BCUT2D eigenvalue weighted by molar-refractivity contribution is 0.0820. The number of hydrogen-bond donors (Lipinski definition) is 1. The van der Waals surface area contributed by atoms with Crippen molar-refractivity contribution >= 4 is 9.84 Å². The smallest absolute Gasteiger partial charge is 0.152 e. The number of rotatable bonds is 3. The SMILES string of the molecule is O=S1(=O)CCN(CC2(CO)CCCC2)CC1. The van der Waals surface area contributed by atoms with Crippen LogP contribution in [0.25, 0.3) is 0 Å². The van der Waals surface area contributed by atoms with Gasteiger partial charge in [-0.2, -0.15) is 0 Å². The van der Waals surface area contributed by atoms with E-state index in [9.17, 15) is 13.5 Å². The second-order valence-corrected chi connectivity index (χ2v) is 7.60. The Kier molecular flexibility index (Phi) is 3.56. The number of hydrogen-bond acceptors (Lipinski definition) is 4. The first kappa shape index (κ1) is 12.3. The van der Waals surface area contributed by atoms with E-state index in [0.29, 0.717) is 13.1 Å². The summed E-state index contributed by atoms with van der Waals surface area (Å²) in [5, 5.41) is 9.50. The Morgan fingerprint density at radius 3 is 2.19 bits per heavy atom. The molecule has 1 heterocycles. The quantitative estimate of drug-likeness (QED) is 0.778. The van der Waals surface area contributed by atoms with Gasteiger partial charge in [0.15, 0.2) is 9.84 Å². The van der Waals surface area contributed by atoms with Gasteiger partial charge in [-0.3, -0.25) is 0 Å². The van der Waals surface area contributed by atoms with Crippen molar-refractivity contribution in [3.05, 3.63) is 0 Å². The minimum Gasteiger partial charge on any atom is -0.396 e. The Balaban J connectivity index is 1.90. The molecule has 0 bridgehead atoms. The Morgan fingerprint density at radius 1 is 1.12 bits per heavy atom. The van der Waals surface area contributed by atoms with E-state index in [1.165, 1.54) is 12.8 Å². The van der Waals surface area contributed by atoms with Crippen molar-refractivity contribution in [1.29, 1.82) is 0 Å². The van der Waals surface area contributed by atoms with Gasteiger partial charge in [0.2, 0.25) is 0 Å². The van der Waals surface area contributed by atoms with Crippen LogP contribution in [-0.4, -0.2) is 56.2 Å². The second-order valence-electron chi connectivity index (χ2n) is 5.29. The molecule has 5 heteroatoms. The van der Waals surface area contributed by atoms with Crippen LogP contribution in [0, 0.1) is 5.41 Å². The number of nitrogens with zero attached hydrogens (tertiary/aromatic N) is 1.